The smallest absolute Gasteiger partial charge is 0.256 e. The highest BCUT2D eigenvalue weighted by atomic mass is 16.4. The van der Waals surface area contributed by atoms with E-state index in [4.69, 9.17) is 10.9 Å². The van der Waals surface area contributed by atoms with Crippen molar-refractivity contribution in [3.8, 4) is 0 Å². The Balaban J connectivity index is 2.31. The van der Waals surface area contributed by atoms with Crippen molar-refractivity contribution in [2.45, 2.75) is 6.92 Å². The number of benzene rings is 1. The van der Waals surface area contributed by atoms with Gasteiger partial charge >= 0.3 is 0 Å². The van der Waals surface area contributed by atoms with Crippen LogP contribution in [-0.2, 0) is 7.05 Å². The number of nitrogens with zero attached hydrogens (tertiary/aromatic N) is 3. The first-order valence-electron chi connectivity index (χ1n) is 5.91. The maximum Gasteiger partial charge on any atom is 0.256 e. The molecule has 0 spiro atoms. The Morgan fingerprint density at radius 2 is 2.25 bits per heavy atom. The zero-order valence-electron chi connectivity index (χ0n) is 11.2. The molecule has 20 heavy (non-hydrogen) atoms. The maximum absolute atomic E-state index is 12.2. The zero-order chi connectivity index (χ0) is 14.7. The molecule has 7 nitrogen and oxygen atoms in total. The van der Waals surface area contributed by atoms with Gasteiger partial charge in [-0.15, -0.1) is 0 Å². The van der Waals surface area contributed by atoms with Crippen molar-refractivity contribution in [2.24, 2.45) is 17.9 Å². The van der Waals surface area contributed by atoms with E-state index >= 15 is 0 Å². The van der Waals surface area contributed by atoms with Crippen molar-refractivity contribution in [3.05, 3.63) is 47.2 Å². The van der Waals surface area contributed by atoms with Gasteiger partial charge in [0.2, 0.25) is 0 Å². The van der Waals surface area contributed by atoms with E-state index in [-0.39, 0.29) is 11.7 Å². The number of anilines is 1. The Bertz CT molecular complexity index is 675. The summed E-state index contributed by atoms with van der Waals surface area (Å²) in [6, 6.07) is 7.19. The predicted octanol–water partition coefficient (Wildman–Crippen LogP) is 1.08. The summed E-state index contributed by atoms with van der Waals surface area (Å²) in [6.45, 7) is 1.91. The fraction of sp³-hybridized carbons (Fsp3) is 0.154. The van der Waals surface area contributed by atoms with Gasteiger partial charge in [0.05, 0.1) is 11.8 Å². The zero-order valence-corrected chi connectivity index (χ0v) is 11.2. The Morgan fingerprint density at radius 3 is 2.90 bits per heavy atom. The molecule has 0 aliphatic rings. The van der Waals surface area contributed by atoms with Crippen LogP contribution in [0.3, 0.4) is 0 Å². The lowest BCUT2D eigenvalue weighted by atomic mass is 10.1. The quantitative estimate of drug-likeness (QED) is 0.336. The van der Waals surface area contributed by atoms with Crippen LogP contribution in [-0.4, -0.2) is 26.7 Å². The van der Waals surface area contributed by atoms with Crippen molar-refractivity contribution in [1.29, 1.82) is 0 Å². The van der Waals surface area contributed by atoms with Crippen molar-refractivity contribution in [3.63, 3.8) is 0 Å². The van der Waals surface area contributed by atoms with Gasteiger partial charge in [-0.25, -0.2) is 0 Å². The Kier molecular flexibility index (Phi) is 3.69. The number of amidine groups is 1. The highest BCUT2D eigenvalue weighted by Crippen LogP contribution is 2.15. The van der Waals surface area contributed by atoms with E-state index in [0.717, 1.165) is 5.56 Å². The number of nitrogens with two attached hydrogens (primary N) is 1. The molecular formula is C13H15N5O2. The first-order valence-corrected chi connectivity index (χ1v) is 5.91. The van der Waals surface area contributed by atoms with Gasteiger partial charge in [0, 0.05) is 12.6 Å². The molecule has 104 valence electrons. The number of hydrogen-bond donors (Lipinski definition) is 3. The van der Waals surface area contributed by atoms with E-state index in [9.17, 15) is 4.79 Å². The van der Waals surface area contributed by atoms with Crippen LogP contribution in [0.25, 0.3) is 0 Å². The molecule has 4 N–H and O–H groups in total. The monoisotopic (exact) mass is 273 g/mol. The number of aryl methyl sites for hydroxylation is 2. The summed E-state index contributed by atoms with van der Waals surface area (Å²) >= 11 is 0. The fourth-order valence-electron chi connectivity index (χ4n) is 1.79. The second-order valence-corrected chi connectivity index (χ2v) is 4.34. The molecule has 0 fully saturated rings. The van der Waals surface area contributed by atoms with E-state index in [0.29, 0.717) is 16.9 Å². The predicted molar refractivity (Wildman–Crippen MR) is 74.9 cm³/mol. The SMILES string of the molecule is Cc1cccc(C(=O)Nc2c(C(N)=NO)cnn2C)c1. The molecule has 1 amide bonds. The molecule has 1 aromatic carbocycles. The summed E-state index contributed by atoms with van der Waals surface area (Å²) in [4.78, 5) is 12.2. The minimum Gasteiger partial charge on any atom is -0.409 e. The van der Waals surface area contributed by atoms with Crippen LogP contribution < -0.4 is 11.1 Å². The van der Waals surface area contributed by atoms with Gasteiger partial charge in [0.15, 0.2) is 5.84 Å². The third-order valence-corrected chi connectivity index (χ3v) is 2.83. The van der Waals surface area contributed by atoms with Crippen molar-refractivity contribution < 1.29 is 10.0 Å². The highest BCUT2D eigenvalue weighted by Gasteiger charge is 2.16. The molecule has 0 unspecified atom stereocenters. The molecule has 0 aliphatic heterocycles. The molecule has 1 aromatic heterocycles. The topological polar surface area (TPSA) is 106 Å². The van der Waals surface area contributed by atoms with Gasteiger partial charge in [0.1, 0.15) is 5.82 Å². The molecule has 0 saturated heterocycles. The summed E-state index contributed by atoms with van der Waals surface area (Å²) in [5, 5.41) is 18.3. The largest absolute Gasteiger partial charge is 0.409 e. The fourth-order valence-corrected chi connectivity index (χ4v) is 1.79. The molecule has 0 radical (unpaired) electrons. The van der Waals surface area contributed by atoms with E-state index in [1.807, 2.05) is 13.0 Å². The van der Waals surface area contributed by atoms with Crippen LogP contribution in [0.4, 0.5) is 5.82 Å². The van der Waals surface area contributed by atoms with Gasteiger partial charge in [-0.05, 0) is 19.1 Å². The van der Waals surface area contributed by atoms with Gasteiger partial charge in [-0.2, -0.15) is 5.10 Å². The first-order chi connectivity index (χ1) is 9.52. The number of amides is 1. The summed E-state index contributed by atoms with van der Waals surface area (Å²) in [5.41, 5.74) is 7.41. The number of rotatable bonds is 3. The Hall–Kier alpha value is -2.83. The number of hydrogen-bond acceptors (Lipinski definition) is 4. The lowest BCUT2D eigenvalue weighted by Crippen LogP contribution is -2.20. The second kappa shape index (κ2) is 5.43. The molecule has 2 rings (SSSR count). The molecule has 1 heterocycles. The molecule has 0 aliphatic carbocycles. The minimum atomic E-state index is -0.288. The number of carbonyl (C=O) groups is 1. The van der Waals surface area contributed by atoms with Crippen LogP contribution >= 0.6 is 0 Å². The van der Waals surface area contributed by atoms with Crippen LogP contribution in [0, 0.1) is 6.92 Å². The molecule has 0 atom stereocenters. The van der Waals surface area contributed by atoms with Crippen LogP contribution in [0.5, 0.6) is 0 Å². The van der Waals surface area contributed by atoms with Crippen LogP contribution in [0.1, 0.15) is 21.5 Å². The average molecular weight is 273 g/mol. The number of oxime groups is 1. The summed E-state index contributed by atoms with van der Waals surface area (Å²) in [5.74, 6) is -0.0336. The second-order valence-electron chi connectivity index (χ2n) is 4.34. The number of aromatic nitrogens is 2. The van der Waals surface area contributed by atoms with E-state index in [1.54, 1.807) is 25.2 Å². The van der Waals surface area contributed by atoms with Crippen LogP contribution in [0.15, 0.2) is 35.6 Å². The number of nitrogens with one attached hydrogen (secondary N) is 1. The van der Waals surface area contributed by atoms with Gasteiger partial charge in [0.25, 0.3) is 5.91 Å². The summed E-state index contributed by atoms with van der Waals surface area (Å²) in [7, 11) is 1.65. The summed E-state index contributed by atoms with van der Waals surface area (Å²) in [6.07, 6.45) is 1.42. The van der Waals surface area contributed by atoms with Gasteiger partial charge in [-0.3, -0.25) is 9.48 Å². The number of carbonyl (C=O) groups excluding carboxylic acids is 1. The van der Waals surface area contributed by atoms with Gasteiger partial charge < -0.3 is 16.3 Å². The Labute approximate surface area is 115 Å². The Morgan fingerprint density at radius 1 is 1.50 bits per heavy atom. The summed E-state index contributed by atoms with van der Waals surface area (Å²) < 4.78 is 1.45. The average Bonchev–Trinajstić information content (AvgIpc) is 2.79. The van der Waals surface area contributed by atoms with E-state index in [2.05, 4.69) is 15.6 Å². The third kappa shape index (κ3) is 2.61. The van der Waals surface area contributed by atoms with E-state index < -0.39 is 0 Å². The van der Waals surface area contributed by atoms with Gasteiger partial charge in [-0.1, -0.05) is 22.9 Å². The van der Waals surface area contributed by atoms with Crippen molar-refractivity contribution in [1.82, 2.24) is 9.78 Å². The van der Waals surface area contributed by atoms with Crippen molar-refractivity contribution >= 4 is 17.6 Å². The lowest BCUT2D eigenvalue weighted by Gasteiger charge is -2.08. The maximum atomic E-state index is 12.2. The normalized spacial score (nSPS) is 11.4. The minimum absolute atomic E-state index is 0.113. The van der Waals surface area contributed by atoms with Crippen LogP contribution in [0.2, 0.25) is 0 Å². The third-order valence-electron chi connectivity index (χ3n) is 2.83. The van der Waals surface area contributed by atoms with E-state index in [1.165, 1.54) is 10.9 Å². The highest BCUT2D eigenvalue weighted by molar-refractivity contribution is 6.09. The standard InChI is InChI=1S/C13H15N5O2/c1-8-4-3-5-9(6-8)13(19)16-12-10(11(14)17-20)7-15-18(12)2/h3-7,20H,1-2H3,(H2,14,17)(H,16,19). The molecule has 2 aromatic rings. The van der Waals surface area contributed by atoms with Crippen molar-refractivity contribution in [2.75, 3.05) is 5.32 Å². The lowest BCUT2D eigenvalue weighted by molar-refractivity contribution is 0.102. The molecule has 0 saturated carbocycles. The molecular weight excluding hydrogens is 258 g/mol. The molecule has 7 heteroatoms. The first kappa shape index (κ1) is 13.6. The molecule has 0 bridgehead atoms.